The molecule has 2 atom stereocenters. The van der Waals surface area contributed by atoms with E-state index in [0.717, 1.165) is 12.8 Å². The molecule has 0 N–H and O–H groups in total. The van der Waals surface area contributed by atoms with Gasteiger partial charge >= 0.3 is 0 Å². The van der Waals surface area contributed by atoms with E-state index in [-0.39, 0.29) is 4.87 Å². The maximum absolute atomic E-state index is 6.94. The molecule has 0 amide bonds. The van der Waals surface area contributed by atoms with Crippen LogP contribution >= 0.6 is 11.6 Å². The topological polar surface area (TPSA) is 0 Å². The molecule has 0 bridgehead atoms. The second kappa shape index (κ2) is 9.86. The normalized spacial score (nSPS) is 27.8. The average molecular weight is 285 g/mol. The minimum atomic E-state index is 0.00929. The Bertz CT molecular complexity index is 246. The molecule has 19 heavy (non-hydrogen) atoms. The van der Waals surface area contributed by atoms with Gasteiger partial charge in [-0.2, -0.15) is 0 Å². The summed E-state index contributed by atoms with van der Waals surface area (Å²) in [7, 11) is 0. The monoisotopic (exact) mass is 284 g/mol. The van der Waals surface area contributed by atoms with E-state index in [2.05, 4.69) is 26.0 Å². The highest BCUT2D eigenvalue weighted by Gasteiger charge is 2.32. The van der Waals surface area contributed by atoms with Gasteiger partial charge in [0.2, 0.25) is 0 Å². The highest BCUT2D eigenvalue weighted by atomic mass is 35.5. The van der Waals surface area contributed by atoms with Crippen molar-refractivity contribution in [2.75, 3.05) is 0 Å². The molecule has 1 heteroatoms. The van der Waals surface area contributed by atoms with Crippen LogP contribution < -0.4 is 0 Å². The van der Waals surface area contributed by atoms with Gasteiger partial charge in [0.25, 0.3) is 0 Å². The first-order valence-corrected chi connectivity index (χ1v) is 8.96. The van der Waals surface area contributed by atoms with Crippen LogP contribution in [0.2, 0.25) is 0 Å². The Labute approximate surface area is 126 Å². The highest BCUT2D eigenvalue weighted by Crippen LogP contribution is 2.38. The fraction of sp³-hybridized carbons (Fsp3) is 0.889. The molecule has 0 aromatic rings. The van der Waals surface area contributed by atoms with Gasteiger partial charge in [0.05, 0.1) is 4.87 Å². The molecule has 0 aromatic carbocycles. The number of rotatable bonds is 4. The Morgan fingerprint density at radius 3 is 2.26 bits per heavy atom. The lowest BCUT2D eigenvalue weighted by Gasteiger charge is -2.33. The van der Waals surface area contributed by atoms with Crippen LogP contribution in [0.4, 0.5) is 0 Å². The van der Waals surface area contributed by atoms with E-state index in [4.69, 9.17) is 11.6 Å². The van der Waals surface area contributed by atoms with Crippen LogP contribution in [0.25, 0.3) is 0 Å². The summed E-state index contributed by atoms with van der Waals surface area (Å²) in [5.74, 6) is 0.582. The third kappa shape index (κ3) is 6.34. The Kier molecular flexibility index (Phi) is 8.86. The summed E-state index contributed by atoms with van der Waals surface area (Å²) >= 11 is 6.94. The molecule has 2 unspecified atom stereocenters. The number of hydrogen-bond acceptors (Lipinski definition) is 0. The zero-order valence-corrected chi connectivity index (χ0v) is 13.9. The van der Waals surface area contributed by atoms with Crippen molar-refractivity contribution >= 4 is 11.6 Å². The van der Waals surface area contributed by atoms with Crippen molar-refractivity contribution in [2.24, 2.45) is 5.92 Å². The molecular weight excluding hydrogens is 252 g/mol. The summed E-state index contributed by atoms with van der Waals surface area (Å²) in [5, 5.41) is 0. The minimum absolute atomic E-state index is 0.00929. The zero-order valence-electron chi connectivity index (χ0n) is 13.1. The van der Waals surface area contributed by atoms with Gasteiger partial charge in [-0.15, -0.1) is 11.6 Å². The van der Waals surface area contributed by atoms with Gasteiger partial charge in [-0.3, -0.25) is 0 Å². The van der Waals surface area contributed by atoms with Gasteiger partial charge in [-0.05, 0) is 38.0 Å². The smallest absolute Gasteiger partial charge is 0.0506 e. The minimum Gasteiger partial charge on any atom is -0.119 e. The quantitative estimate of drug-likeness (QED) is 0.390. The van der Waals surface area contributed by atoms with E-state index >= 15 is 0 Å². The first kappa shape index (κ1) is 17.1. The molecule has 0 fully saturated rings. The highest BCUT2D eigenvalue weighted by molar-refractivity contribution is 6.24. The lowest BCUT2D eigenvalue weighted by atomic mass is 9.81. The number of hydrogen-bond donors (Lipinski definition) is 0. The Morgan fingerprint density at radius 2 is 1.63 bits per heavy atom. The van der Waals surface area contributed by atoms with Crippen molar-refractivity contribution in [3.63, 3.8) is 0 Å². The molecule has 0 saturated carbocycles. The maximum Gasteiger partial charge on any atom is 0.0506 e. The van der Waals surface area contributed by atoms with Crippen molar-refractivity contribution in [3.05, 3.63) is 12.2 Å². The first-order chi connectivity index (χ1) is 9.23. The third-order valence-corrected chi connectivity index (χ3v) is 5.41. The van der Waals surface area contributed by atoms with E-state index in [1.165, 1.54) is 64.2 Å². The number of allylic oxidation sites excluding steroid dienone is 2. The fourth-order valence-corrected chi connectivity index (χ4v) is 3.71. The summed E-state index contributed by atoms with van der Waals surface area (Å²) in [4.78, 5) is 0.00929. The zero-order chi connectivity index (χ0) is 14.0. The Balaban J connectivity index is 2.65. The standard InChI is InChI=1S/C18H33Cl/c1-3-16-18(19,4-2)17-14-12-10-8-6-5-7-9-11-13-15-17/h12,14,17H,3-11,13,15-16H2,1-2H3/b14-12-. The summed E-state index contributed by atoms with van der Waals surface area (Å²) in [6, 6.07) is 0. The van der Waals surface area contributed by atoms with E-state index in [0.29, 0.717) is 5.92 Å². The van der Waals surface area contributed by atoms with E-state index < -0.39 is 0 Å². The molecule has 1 aliphatic rings. The molecule has 0 nitrogen and oxygen atoms in total. The molecule has 0 aliphatic heterocycles. The average Bonchev–Trinajstić information content (AvgIpc) is 2.39. The van der Waals surface area contributed by atoms with Crippen molar-refractivity contribution in [3.8, 4) is 0 Å². The van der Waals surface area contributed by atoms with Crippen LogP contribution in [0.15, 0.2) is 12.2 Å². The number of halogens is 1. The van der Waals surface area contributed by atoms with Gasteiger partial charge in [-0.1, -0.05) is 70.9 Å². The predicted octanol–water partition coefficient (Wildman–Crippen LogP) is 6.87. The third-order valence-electron chi connectivity index (χ3n) is 4.67. The molecule has 0 heterocycles. The SMILES string of the molecule is CCCC(Cl)(CC)C1/C=C\CCCCCCCCC1. The maximum atomic E-state index is 6.94. The molecule has 0 radical (unpaired) electrons. The summed E-state index contributed by atoms with van der Waals surface area (Å²) in [5.41, 5.74) is 0. The van der Waals surface area contributed by atoms with Crippen LogP contribution in [-0.4, -0.2) is 4.87 Å². The molecule has 112 valence electrons. The van der Waals surface area contributed by atoms with Crippen LogP contribution in [0.5, 0.6) is 0 Å². The van der Waals surface area contributed by atoms with E-state index in [1.54, 1.807) is 0 Å². The van der Waals surface area contributed by atoms with Crippen molar-refractivity contribution in [1.82, 2.24) is 0 Å². The lowest BCUT2D eigenvalue weighted by Crippen LogP contribution is -2.30. The summed E-state index contributed by atoms with van der Waals surface area (Å²) < 4.78 is 0. The molecule has 1 rings (SSSR count). The van der Waals surface area contributed by atoms with Gasteiger partial charge < -0.3 is 0 Å². The largest absolute Gasteiger partial charge is 0.119 e. The van der Waals surface area contributed by atoms with Gasteiger partial charge in [0.15, 0.2) is 0 Å². The predicted molar refractivity (Wildman–Crippen MR) is 88.0 cm³/mol. The van der Waals surface area contributed by atoms with E-state index in [1.807, 2.05) is 0 Å². The summed E-state index contributed by atoms with van der Waals surface area (Å²) in [6.07, 6.45) is 20.6. The van der Waals surface area contributed by atoms with Crippen molar-refractivity contribution in [2.45, 2.75) is 95.8 Å². The first-order valence-electron chi connectivity index (χ1n) is 8.58. The van der Waals surface area contributed by atoms with Crippen LogP contribution in [0.1, 0.15) is 90.9 Å². The molecule has 1 aliphatic carbocycles. The van der Waals surface area contributed by atoms with Crippen molar-refractivity contribution in [1.29, 1.82) is 0 Å². The fourth-order valence-electron chi connectivity index (χ4n) is 3.34. The molecule has 0 spiro atoms. The second-order valence-corrected chi connectivity index (χ2v) is 6.98. The molecule has 0 aromatic heterocycles. The van der Waals surface area contributed by atoms with Gasteiger partial charge in [-0.25, -0.2) is 0 Å². The Hall–Kier alpha value is 0.0300. The van der Waals surface area contributed by atoms with Crippen molar-refractivity contribution < 1.29 is 0 Å². The van der Waals surface area contributed by atoms with Crippen LogP contribution in [0, 0.1) is 5.92 Å². The van der Waals surface area contributed by atoms with E-state index in [9.17, 15) is 0 Å². The molecule has 0 saturated heterocycles. The number of alkyl halides is 1. The van der Waals surface area contributed by atoms with Crippen LogP contribution in [-0.2, 0) is 0 Å². The summed E-state index contributed by atoms with van der Waals surface area (Å²) in [6.45, 7) is 4.51. The Morgan fingerprint density at radius 1 is 1.00 bits per heavy atom. The lowest BCUT2D eigenvalue weighted by molar-refractivity contribution is 0.358. The van der Waals surface area contributed by atoms with Crippen LogP contribution in [0.3, 0.4) is 0 Å². The molecular formula is C18H33Cl. The van der Waals surface area contributed by atoms with Gasteiger partial charge in [0.1, 0.15) is 0 Å². The van der Waals surface area contributed by atoms with Gasteiger partial charge in [0, 0.05) is 0 Å². The second-order valence-electron chi connectivity index (χ2n) is 6.23.